The molecule has 0 atom stereocenters. The number of hydrogen-bond acceptors (Lipinski definition) is 0. The van der Waals surface area contributed by atoms with E-state index in [1.54, 1.807) is 0 Å². The quantitative estimate of drug-likeness (QED) is 0.336. The third kappa shape index (κ3) is 5.47. The first-order valence-corrected chi connectivity index (χ1v) is 2.99. The van der Waals surface area contributed by atoms with E-state index in [2.05, 4.69) is 12.6 Å². The van der Waals surface area contributed by atoms with Gasteiger partial charge in [0.15, 0.2) is 0 Å². The summed E-state index contributed by atoms with van der Waals surface area (Å²) in [6.45, 7) is 3.65. The smallest absolute Gasteiger partial charge is 1.00 e. The molecule has 0 fully saturated rings. The number of rotatable bonds is 2. The van der Waals surface area contributed by atoms with Crippen molar-refractivity contribution in [2.24, 2.45) is 0 Å². The average molecular weight is 221 g/mol. The second kappa shape index (κ2) is 8.30. The molecule has 0 nitrogen and oxygen atoms in total. The van der Waals surface area contributed by atoms with Gasteiger partial charge in [0.1, 0.15) is 0 Å². The normalized spacial score (nSPS) is 7.27. The molecule has 1 aromatic carbocycles. The van der Waals surface area contributed by atoms with E-state index < -0.39 is 0 Å². The van der Waals surface area contributed by atoms with Crippen LogP contribution in [-0.2, 0) is 6.42 Å². The van der Waals surface area contributed by atoms with Crippen LogP contribution in [0, 0.1) is 6.07 Å². The predicted octanol–water partition coefficient (Wildman–Crippen LogP) is -1.16. The van der Waals surface area contributed by atoms with Gasteiger partial charge >= 0.3 is 23.1 Å². The Kier molecular flexibility index (Phi) is 10.4. The Morgan fingerprint density at radius 3 is 2.36 bits per heavy atom. The topological polar surface area (TPSA) is 0 Å². The first-order valence-electron chi connectivity index (χ1n) is 2.99. The fraction of sp³-hybridized carbons (Fsp3) is 0.111. The van der Waals surface area contributed by atoms with Crippen LogP contribution in [0.3, 0.4) is 0 Å². The maximum absolute atomic E-state index is 3.65. The van der Waals surface area contributed by atoms with Crippen molar-refractivity contribution in [3.8, 4) is 0 Å². The monoisotopic (exact) mass is 220 g/mol. The van der Waals surface area contributed by atoms with Crippen molar-refractivity contribution in [1.29, 1.82) is 0 Å². The molecular weight excluding hydrogens is 212 g/mol. The number of halogens is 1. The SMILES string of the molecule is C=CCc1cc[c-]cc1.[Br-].[Mg+2]. The molecule has 1 aromatic rings. The molecule has 0 aromatic heterocycles. The fourth-order valence-corrected chi connectivity index (χ4v) is 0.724. The van der Waals surface area contributed by atoms with Crippen LogP contribution in [-0.4, -0.2) is 23.1 Å². The van der Waals surface area contributed by atoms with Gasteiger partial charge in [-0.15, -0.1) is 6.58 Å². The zero-order valence-electron chi connectivity index (χ0n) is 6.39. The Morgan fingerprint density at radius 2 is 1.91 bits per heavy atom. The molecule has 0 saturated carbocycles. The molecule has 54 valence electrons. The minimum atomic E-state index is 0. The molecule has 0 aliphatic rings. The van der Waals surface area contributed by atoms with E-state index in [9.17, 15) is 0 Å². The van der Waals surface area contributed by atoms with Crippen molar-refractivity contribution in [2.45, 2.75) is 6.42 Å². The van der Waals surface area contributed by atoms with E-state index >= 15 is 0 Å². The molecule has 0 spiro atoms. The first-order chi connectivity index (χ1) is 4.43. The fourth-order valence-electron chi connectivity index (χ4n) is 0.724. The van der Waals surface area contributed by atoms with Crippen molar-refractivity contribution >= 4 is 23.1 Å². The average Bonchev–Trinajstić information content (AvgIpc) is 1.91. The maximum Gasteiger partial charge on any atom is 2.00 e. The van der Waals surface area contributed by atoms with Gasteiger partial charge in [-0.1, -0.05) is 6.08 Å². The van der Waals surface area contributed by atoms with Gasteiger partial charge in [-0.05, 0) is 6.42 Å². The summed E-state index contributed by atoms with van der Waals surface area (Å²) >= 11 is 0. The van der Waals surface area contributed by atoms with E-state index in [-0.39, 0.29) is 40.0 Å². The molecule has 0 unspecified atom stereocenters. The molecule has 11 heavy (non-hydrogen) atoms. The van der Waals surface area contributed by atoms with E-state index in [1.807, 2.05) is 30.3 Å². The molecule has 0 aliphatic carbocycles. The molecule has 0 amide bonds. The van der Waals surface area contributed by atoms with Crippen LogP contribution < -0.4 is 17.0 Å². The van der Waals surface area contributed by atoms with Crippen molar-refractivity contribution in [2.75, 3.05) is 0 Å². The molecule has 0 saturated heterocycles. The predicted molar refractivity (Wildman–Crippen MR) is 44.9 cm³/mol. The molecule has 0 aliphatic heterocycles. The Labute approximate surface area is 94.6 Å². The van der Waals surface area contributed by atoms with Crippen LogP contribution in [0.4, 0.5) is 0 Å². The number of benzene rings is 1. The van der Waals surface area contributed by atoms with E-state index in [0.717, 1.165) is 6.42 Å². The van der Waals surface area contributed by atoms with Crippen molar-refractivity contribution < 1.29 is 17.0 Å². The van der Waals surface area contributed by atoms with Crippen LogP contribution in [0.5, 0.6) is 0 Å². The summed E-state index contributed by atoms with van der Waals surface area (Å²) in [5, 5.41) is 0. The summed E-state index contributed by atoms with van der Waals surface area (Å²) in [5.74, 6) is 0. The summed E-state index contributed by atoms with van der Waals surface area (Å²) < 4.78 is 0. The summed E-state index contributed by atoms with van der Waals surface area (Å²) in [6.07, 6.45) is 2.85. The molecular formula is C9H9BrMg. The van der Waals surface area contributed by atoms with E-state index in [4.69, 9.17) is 0 Å². The Hall–Kier alpha value is 0.206. The third-order valence-corrected chi connectivity index (χ3v) is 1.17. The standard InChI is InChI=1S/C9H9.BrH.Mg/c1-2-6-9-7-4-3-5-8-9;;/h2,4-5,7-8H,1,6H2;1H;/q-1;;+2/p-1. The molecule has 0 heterocycles. The van der Waals surface area contributed by atoms with Gasteiger partial charge in [-0.25, -0.2) is 0 Å². The Morgan fingerprint density at radius 1 is 1.36 bits per heavy atom. The van der Waals surface area contributed by atoms with Gasteiger partial charge in [-0.3, -0.25) is 0 Å². The summed E-state index contributed by atoms with van der Waals surface area (Å²) in [4.78, 5) is 0. The first kappa shape index (κ1) is 13.8. The molecule has 0 bridgehead atoms. The largest absolute Gasteiger partial charge is 2.00 e. The zero-order valence-corrected chi connectivity index (χ0v) is 9.39. The van der Waals surface area contributed by atoms with E-state index in [0.29, 0.717) is 0 Å². The van der Waals surface area contributed by atoms with E-state index in [1.165, 1.54) is 5.56 Å². The summed E-state index contributed by atoms with van der Waals surface area (Å²) in [6, 6.07) is 10.9. The second-order valence-electron chi connectivity index (χ2n) is 1.90. The summed E-state index contributed by atoms with van der Waals surface area (Å²) in [5.41, 5.74) is 1.30. The van der Waals surface area contributed by atoms with Crippen LogP contribution in [0.25, 0.3) is 0 Å². The van der Waals surface area contributed by atoms with Gasteiger partial charge < -0.3 is 17.0 Å². The zero-order chi connectivity index (χ0) is 6.53. The number of allylic oxidation sites excluding steroid dienone is 1. The Balaban J connectivity index is 0. The Bertz CT molecular complexity index is 184. The molecule has 2 heteroatoms. The minimum absolute atomic E-state index is 0. The van der Waals surface area contributed by atoms with Crippen LogP contribution in [0.2, 0.25) is 0 Å². The van der Waals surface area contributed by atoms with Gasteiger partial charge in [0.05, 0.1) is 0 Å². The van der Waals surface area contributed by atoms with Crippen molar-refractivity contribution in [3.63, 3.8) is 0 Å². The van der Waals surface area contributed by atoms with Gasteiger partial charge in [0.25, 0.3) is 0 Å². The number of hydrogen-bond donors (Lipinski definition) is 0. The minimum Gasteiger partial charge on any atom is -1.00 e. The van der Waals surface area contributed by atoms with Crippen LogP contribution in [0.1, 0.15) is 5.56 Å². The summed E-state index contributed by atoms with van der Waals surface area (Å²) in [7, 11) is 0. The van der Waals surface area contributed by atoms with Gasteiger partial charge in [-0.2, -0.15) is 35.9 Å². The molecule has 1 rings (SSSR count). The van der Waals surface area contributed by atoms with Gasteiger partial charge in [0, 0.05) is 0 Å². The second-order valence-corrected chi connectivity index (χ2v) is 1.90. The van der Waals surface area contributed by atoms with Gasteiger partial charge in [0.2, 0.25) is 0 Å². The van der Waals surface area contributed by atoms with Crippen LogP contribution in [0.15, 0.2) is 36.9 Å². The third-order valence-electron chi connectivity index (χ3n) is 1.17. The maximum atomic E-state index is 3.65. The molecule has 0 N–H and O–H groups in total. The van der Waals surface area contributed by atoms with Crippen molar-refractivity contribution in [1.82, 2.24) is 0 Å². The van der Waals surface area contributed by atoms with Crippen molar-refractivity contribution in [3.05, 3.63) is 48.6 Å². The molecule has 0 radical (unpaired) electrons. The van der Waals surface area contributed by atoms with Crippen LogP contribution >= 0.6 is 0 Å².